The van der Waals surface area contributed by atoms with E-state index >= 15 is 0 Å². The first-order valence-corrected chi connectivity index (χ1v) is 14.7. The van der Waals surface area contributed by atoms with E-state index in [1.165, 1.54) is 43.0 Å². The molecule has 0 spiro atoms. The van der Waals surface area contributed by atoms with Gasteiger partial charge in [-0.25, -0.2) is 13.2 Å². The Morgan fingerprint density at radius 3 is 2.05 bits per heavy atom. The fraction of sp³-hybridized carbons (Fsp3) is 0.357. The number of sulfonamides is 1. The third-order valence-electron chi connectivity index (χ3n) is 6.94. The molecule has 13 heteroatoms. The molecule has 1 saturated carbocycles. The molecule has 0 radical (unpaired) electrons. The van der Waals surface area contributed by atoms with E-state index in [1.807, 2.05) is 6.92 Å². The molecule has 0 saturated heterocycles. The average molecular weight is 584 g/mol. The first kappa shape index (κ1) is 29.6. The smallest absolute Gasteiger partial charge is 0.332 e. The molecule has 2 aliphatic rings. The molecule has 1 fully saturated rings. The summed E-state index contributed by atoms with van der Waals surface area (Å²) < 4.78 is 35.3. The maximum absolute atomic E-state index is 12.9. The van der Waals surface area contributed by atoms with Gasteiger partial charge in [0.05, 0.1) is 23.1 Å². The fourth-order valence-corrected chi connectivity index (χ4v) is 5.39. The Labute approximate surface area is 237 Å². The molecule has 0 atom stereocenters. The van der Waals surface area contributed by atoms with Gasteiger partial charge in [0.15, 0.2) is 5.69 Å². The number of anilines is 2. The van der Waals surface area contributed by atoms with Crippen molar-refractivity contribution in [2.45, 2.75) is 50.6 Å². The second-order valence-corrected chi connectivity index (χ2v) is 11.6. The minimum Gasteiger partial charge on any atom is -0.497 e. The Hall–Kier alpha value is -4.39. The summed E-state index contributed by atoms with van der Waals surface area (Å²) in [5, 5.41) is 0. The number of benzene rings is 2. The lowest BCUT2D eigenvalue weighted by molar-refractivity contribution is 0.0693. The van der Waals surface area contributed by atoms with Crippen LogP contribution in [0.15, 0.2) is 63.0 Å². The summed E-state index contributed by atoms with van der Waals surface area (Å²) in [5.74, 6) is 0.240. The van der Waals surface area contributed by atoms with Crippen LogP contribution in [0.2, 0.25) is 0 Å². The predicted molar refractivity (Wildman–Crippen MR) is 154 cm³/mol. The van der Waals surface area contributed by atoms with E-state index in [1.54, 1.807) is 24.3 Å². The van der Waals surface area contributed by atoms with Gasteiger partial charge in [-0.15, -0.1) is 0 Å². The molecular weight excluding hydrogens is 550 g/mol. The van der Waals surface area contributed by atoms with Crippen LogP contribution in [0.1, 0.15) is 53.3 Å². The highest BCUT2D eigenvalue weighted by Gasteiger charge is 2.32. The molecule has 218 valence electrons. The van der Waals surface area contributed by atoms with Gasteiger partial charge in [-0.3, -0.25) is 33.1 Å². The third-order valence-corrected chi connectivity index (χ3v) is 8.31. The van der Waals surface area contributed by atoms with Crippen molar-refractivity contribution in [3.63, 3.8) is 0 Å². The number of unbranched alkanes of at least 4 members (excludes halogenated alkanes) is 1. The average Bonchev–Trinajstić information content (AvgIpc) is 3.78. The van der Waals surface area contributed by atoms with Crippen LogP contribution in [0.3, 0.4) is 0 Å². The van der Waals surface area contributed by atoms with Crippen molar-refractivity contribution in [3.8, 4) is 5.75 Å². The lowest BCUT2D eigenvalue weighted by atomic mass is 10.1. The molecule has 3 aromatic rings. The number of amides is 2. The van der Waals surface area contributed by atoms with Crippen molar-refractivity contribution >= 4 is 33.3 Å². The highest BCUT2D eigenvalue weighted by atomic mass is 32.2. The van der Waals surface area contributed by atoms with Gasteiger partial charge < -0.3 is 10.5 Å². The first-order chi connectivity index (χ1) is 19.5. The minimum absolute atomic E-state index is 0.0443. The molecule has 1 aliphatic carbocycles. The molecule has 1 aliphatic heterocycles. The van der Waals surface area contributed by atoms with Gasteiger partial charge in [0, 0.05) is 20.1 Å². The molecule has 1 aromatic heterocycles. The number of nitrogens with two attached hydrogens (primary N) is 1. The summed E-state index contributed by atoms with van der Waals surface area (Å²) in [6.45, 7) is 2.52. The highest BCUT2D eigenvalue weighted by molar-refractivity contribution is 7.92. The van der Waals surface area contributed by atoms with Crippen LogP contribution in [0.4, 0.5) is 11.5 Å². The summed E-state index contributed by atoms with van der Waals surface area (Å²) in [5.41, 5.74) is 5.58. The number of nitrogens with one attached hydrogen (secondary N) is 1. The van der Waals surface area contributed by atoms with Gasteiger partial charge in [0.25, 0.3) is 27.4 Å². The number of ether oxygens (including phenoxy) is 1. The van der Waals surface area contributed by atoms with E-state index in [2.05, 4.69) is 4.72 Å². The lowest BCUT2D eigenvalue weighted by Crippen LogP contribution is -2.43. The molecule has 2 amide bonds. The molecule has 3 N–H and O–H groups in total. The fourth-order valence-electron chi connectivity index (χ4n) is 4.32. The van der Waals surface area contributed by atoms with Crippen LogP contribution in [0.25, 0.3) is 0 Å². The standard InChI is InChI=1S/C19H26N4O5S.C9H7NO2/c1-3-4-11-22-18(24)16(17(20)23(19(22)25)12-13-5-6-13)21-29(26,27)15-9-7-14(28-2)8-10-15;1-10-8(11)6-4-2-3-5-7(6)9(10)12/h7-10,13,21H,3-6,11-12,20H2,1-2H3;2-5H,1H3. The number of fused-ring (bicyclic) bond motifs is 1. The number of hydrogen-bond donors (Lipinski definition) is 2. The van der Waals surface area contributed by atoms with Crippen molar-refractivity contribution < 1.29 is 22.7 Å². The zero-order chi connectivity index (χ0) is 29.9. The maximum Gasteiger partial charge on any atom is 0.332 e. The molecule has 0 unspecified atom stereocenters. The van der Waals surface area contributed by atoms with Gasteiger partial charge in [-0.2, -0.15) is 0 Å². The van der Waals surface area contributed by atoms with Crippen LogP contribution in [-0.2, 0) is 23.1 Å². The Balaban J connectivity index is 0.000000267. The molecule has 5 rings (SSSR count). The van der Waals surface area contributed by atoms with Crippen LogP contribution in [0.5, 0.6) is 5.75 Å². The Morgan fingerprint density at radius 1 is 0.951 bits per heavy atom. The monoisotopic (exact) mass is 583 g/mol. The topological polar surface area (TPSA) is 163 Å². The molecular formula is C28H33N5O7S. The predicted octanol–water partition coefficient (Wildman–Crippen LogP) is 2.52. The summed E-state index contributed by atoms with van der Waals surface area (Å²) >= 11 is 0. The summed E-state index contributed by atoms with van der Waals surface area (Å²) in [6.07, 6.45) is 3.36. The Morgan fingerprint density at radius 2 is 1.54 bits per heavy atom. The van der Waals surface area contributed by atoms with E-state index in [4.69, 9.17) is 10.5 Å². The third kappa shape index (κ3) is 6.19. The maximum atomic E-state index is 12.9. The van der Waals surface area contributed by atoms with Crippen LogP contribution < -0.4 is 26.4 Å². The second-order valence-electron chi connectivity index (χ2n) is 9.90. The lowest BCUT2D eigenvalue weighted by Gasteiger charge is -2.17. The van der Waals surface area contributed by atoms with Crippen LogP contribution in [0, 0.1) is 5.92 Å². The largest absolute Gasteiger partial charge is 0.497 e. The van der Waals surface area contributed by atoms with E-state index in [0.29, 0.717) is 35.8 Å². The van der Waals surface area contributed by atoms with Crippen molar-refractivity contribution in [1.82, 2.24) is 14.0 Å². The molecule has 41 heavy (non-hydrogen) atoms. The number of methoxy groups -OCH3 is 1. The molecule has 12 nitrogen and oxygen atoms in total. The summed E-state index contributed by atoms with van der Waals surface area (Å²) in [4.78, 5) is 49.4. The quantitative estimate of drug-likeness (QED) is 0.363. The number of carbonyl (C=O) groups excluding carboxylic acids is 2. The number of nitrogens with zero attached hydrogens (tertiary/aromatic N) is 3. The van der Waals surface area contributed by atoms with Crippen molar-refractivity contribution in [2.24, 2.45) is 5.92 Å². The molecule has 2 heterocycles. The van der Waals surface area contributed by atoms with Crippen molar-refractivity contribution in [3.05, 3.63) is 80.5 Å². The normalized spacial score (nSPS) is 14.4. The van der Waals surface area contributed by atoms with E-state index in [-0.39, 0.29) is 34.8 Å². The zero-order valence-corrected chi connectivity index (χ0v) is 23.9. The Bertz CT molecular complexity index is 1660. The summed E-state index contributed by atoms with van der Waals surface area (Å²) in [7, 11) is -1.11. The number of hydrogen-bond acceptors (Lipinski definition) is 8. The van der Waals surface area contributed by atoms with Crippen LogP contribution in [-0.4, -0.2) is 48.4 Å². The van der Waals surface area contributed by atoms with Gasteiger partial charge in [-0.05, 0) is 61.6 Å². The van der Waals surface area contributed by atoms with Crippen molar-refractivity contribution in [1.29, 1.82) is 0 Å². The number of nitrogen functional groups attached to an aromatic ring is 1. The first-order valence-electron chi connectivity index (χ1n) is 13.2. The second kappa shape index (κ2) is 12.0. The van der Waals surface area contributed by atoms with Gasteiger partial charge in [-0.1, -0.05) is 25.5 Å². The summed E-state index contributed by atoms with van der Waals surface area (Å²) in [6, 6.07) is 12.6. The van der Waals surface area contributed by atoms with Gasteiger partial charge >= 0.3 is 5.69 Å². The van der Waals surface area contributed by atoms with E-state index in [9.17, 15) is 27.6 Å². The van der Waals surface area contributed by atoms with E-state index in [0.717, 1.165) is 28.7 Å². The van der Waals surface area contributed by atoms with Gasteiger partial charge in [0.1, 0.15) is 11.6 Å². The number of aromatic nitrogens is 2. The number of rotatable bonds is 9. The van der Waals surface area contributed by atoms with Crippen molar-refractivity contribution in [2.75, 3.05) is 24.6 Å². The molecule has 2 aromatic carbocycles. The number of carbonyl (C=O) groups is 2. The molecule has 0 bridgehead atoms. The van der Waals surface area contributed by atoms with Gasteiger partial charge in [0.2, 0.25) is 0 Å². The minimum atomic E-state index is -4.08. The van der Waals surface area contributed by atoms with Crippen LogP contribution >= 0.6 is 0 Å². The zero-order valence-electron chi connectivity index (χ0n) is 23.1. The SMILES string of the molecule is CCCCn1c(=O)c(NS(=O)(=O)c2ccc(OC)cc2)c(N)n(CC2CC2)c1=O.CN1C(=O)c2ccccc2C1=O. The number of imide groups is 1. The Kier molecular flexibility index (Phi) is 8.66. The van der Waals surface area contributed by atoms with E-state index < -0.39 is 21.3 Å². The highest BCUT2D eigenvalue weighted by Crippen LogP contribution is 2.31.